The molecule has 0 aliphatic carbocycles. The first-order chi connectivity index (χ1) is 48.8. The third-order valence-electron chi connectivity index (χ3n) is 18.7. The molecule has 0 radical (unpaired) electrons. The highest BCUT2D eigenvalue weighted by Gasteiger charge is 2.62. The Balaban J connectivity index is 1.35. The summed E-state index contributed by atoms with van der Waals surface area (Å²) in [6, 6.07) is 25.6. The van der Waals surface area contributed by atoms with Gasteiger partial charge in [-0.05, 0) is 129 Å². The lowest BCUT2D eigenvalue weighted by Gasteiger charge is -2.37. The maximum Gasteiger partial charge on any atom is 0.434 e. The van der Waals surface area contributed by atoms with Gasteiger partial charge in [0.1, 0.15) is 58.1 Å². The summed E-state index contributed by atoms with van der Waals surface area (Å²) in [5.74, 6) is -14.7. The molecule has 0 spiro atoms. The lowest BCUT2D eigenvalue weighted by Crippen LogP contribution is -2.56. The number of alkyl halides is 12. The Morgan fingerprint density at radius 1 is 0.302 bits per heavy atom. The Hall–Kier alpha value is -10.1. The standard InChI is InChI=1S/C80H74F12N2O12/c1-37(2)63(69(99)105-71(77(81,82)83)78(84,85)86)93-65(95)47-33-51(101-43-25-17-39(18-26-43)73(5,6)7)57-59-53(103-45-29-21-41(22-30-45)75(11,12)13)35-49-56-50(68(98)94(67(49)97)64(38(3)4)70(100)106-72(79(87,88)89)80(90,91)92)36-54(104-46-31-23-42(24-32-46)76(14,15)16)60(62(56)59)58-52(34-48(66(93)96)55(47)61(57)58)102-44-27-19-40(20-28-44)74(8,9)10/h17-38,63-64,71-72H,1-16H3. The summed E-state index contributed by atoms with van der Waals surface area (Å²) in [5.41, 5.74) is -0.965. The molecule has 0 fully saturated rings. The lowest BCUT2D eigenvalue weighted by molar-refractivity contribution is -0.314. The molecular formula is C80H74F12N2O12. The van der Waals surface area contributed by atoms with Gasteiger partial charge < -0.3 is 28.4 Å². The summed E-state index contributed by atoms with van der Waals surface area (Å²) >= 11 is 0. The molecule has 0 saturated heterocycles. The van der Waals surface area contributed by atoms with Gasteiger partial charge in [-0.3, -0.25) is 29.0 Å². The van der Waals surface area contributed by atoms with Crippen molar-refractivity contribution in [2.45, 2.75) is 181 Å². The van der Waals surface area contributed by atoms with Crippen molar-refractivity contribution >= 4 is 78.7 Å². The number of halogens is 12. The molecule has 560 valence electrons. The number of carbonyl (C=O) groups excluding carboxylic acids is 6. The van der Waals surface area contributed by atoms with Crippen molar-refractivity contribution < 1.29 is 110 Å². The van der Waals surface area contributed by atoms with E-state index in [2.05, 4.69) is 9.47 Å². The van der Waals surface area contributed by atoms with Gasteiger partial charge >= 0.3 is 36.6 Å². The van der Waals surface area contributed by atoms with Crippen LogP contribution in [0.15, 0.2) is 121 Å². The molecule has 26 heteroatoms. The summed E-state index contributed by atoms with van der Waals surface area (Å²) in [6.07, 6.45) is -34.4. The predicted molar refractivity (Wildman–Crippen MR) is 371 cm³/mol. The van der Waals surface area contributed by atoms with Crippen LogP contribution < -0.4 is 18.9 Å². The Morgan fingerprint density at radius 2 is 0.491 bits per heavy atom. The maximum absolute atomic E-state index is 16.0. The number of benzene rings is 9. The van der Waals surface area contributed by atoms with Gasteiger partial charge in [-0.1, -0.05) is 159 Å². The second-order valence-electron chi connectivity index (χ2n) is 31.3. The molecule has 2 aliphatic rings. The number of rotatable bonds is 16. The van der Waals surface area contributed by atoms with Crippen molar-refractivity contribution in [2.24, 2.45) is 11.8 Å². The molecule has 2 aliphatic heterocycles. The van der Waals surface area contributed by atoms with E-state index in [0.29, 0.717) is 0 Å². The quantitative estimate of drug-likeness (QED) is 0.0296. The van der Waals surface area contributed by atoms with Crippen molar-refractivity contribution in [3.8, 4) is 46.0 Å². The molecule has 2 heterocycles. The topological polar surface area (TPSA) is 164 Å². The van der Waals surface area contributed by atoms with Crippen LogP contribution in [-0.4, -0.2) is 94.4 Å². The van der Waals surface area contributed by atoms with Gasteiger partial charge in [-0.25, -0.2) is 9.59 Å². The van der Waals surface area contributed by atoms with Crippen molar-refractivity contribution in [3.05, 3.63) is 166 Å². The number of esters is 2. The van der Waals surface area contributed by atoms with E-state index in [1.165, 1.54) is 0 Å². The summed E-state index contributed by atoms with van der Waals surface area (Å²) in [5, 5.41) is -1.56. The third-order valence-corrected chi connectivity index (χ3v) is 18.7. The minimum atomic E-state index is -6.25. The molecular weight excluding hydrogens is 1410 g/mol. The Kier molecular flexibility index (Phi) is 19.2. The maximum atomic E-state index is 16.0. The average molecular weight is 1480 g/mol. The van der Waals surface area contributed by atoms with Gasteiger partial charge in [0.2, 0.25) is 0 Å². The van der Waals surface area contributed by atoms with Crippen LogP contribution in [0.3, 0.4) is 0 Å². The number of hydrogen-bond acceptors (Lipinski definition) is 12. The van der Waals surface area contributed by atoms with Crippen LogP contribution in [-0.2, 0) is 40.7 Å². The van der Waals surface area contributed by atoms with Crippen LogP contribution >= 0.6 is 0 Å². The van der Waals surface area contributed by atoms with Crippen molar-refractivity contribution in [3.63, 3.8) is 0 Å². The van der Waals surface area contributed by atoms with Gasteiger partial charge in [0.05, 0.1) is 22.3 Å². The van der Waals surface area contributed by atoms with Crippen LogP contribution in [0.2, 0.25) is 0 Å². The second kappa shape index (κ2) is 26.4. The minimum absolute atomic E-state index is 0.0245. The number of ether oxygens (including phenoxy) is 6. The first-order valence-corrected chi connectivity index (χ1v) is 33.7. The van der Waals surface area contributed by atoms with Crippen molar-refractivity contribution in [1.29, 1.82) is 0 Å². The van der Waals surface area contributed by atoms with E-state index in [1.54, 1.807) is 97.1 Å². The van der Waals surface area contributed by atoms with Crippen molar-refractivity contribution in [2.75, 3.05) is 0 Å². The van der Waals surface area contributed by atoms with E-state index in [9.17, 15) is 62.3 Å². The van der Waals surface area contributed by atoms with E-state index in [0.717, 1.165) is 74.2 Å². The first-order valence-electron chi connectivity index (χ1n) is 33.7. The van der Waals surface area contributed by atoms with Crippen LogP contribution in [0.25, 0.3) is 43.1 Å². The van der Waals surface area contributed by atoms with E-state index < -0.39 is 140 Å². The van der Waals surface area contributed by atoms with Gasteiger partial charge in [0, 0.05) is 43.1 Å². The zero-order chi connectivity index (χ0) is 78.3. The molecule has 0 aromatic heterocycles. The fourth-order valence-electron chi connectivity index (χ4n) is 13.3. The Morgan fingerprint density at radius 3 is 0.651 bits per heavy atom. The summed E-state index contributed by atoms with van der Waals surface area (Å²) in [4.78, 5) is 93.1. The molecule has 4 amide bonds. The molecule has 0 N–H and O–H groups in total. The van der Waals surface area contributed by atoms with E-state index in [-0.39, 0.29) is 98.9 Å². The monoisotopic (exact) mass is 1480 g/mol. The number of amides is 4. The van der Waals surface area contributed by atoms with Crippen molar-refractivity contribution in [1.82, 2.24) is 9.80 Å². The SMILES string of the molecule is CC(C)C(C(=O)OC(C(F)(F)F)C(F)(F)F)N1C(=O)c2cc(Oc3ccc(C(C)(C)C)cc3)c3c4c(Oc5ccc(C(C)(C)C)cc5)cc5c6c(cc(Oc7ccc(C(C)(C)C)cc7)c(c7c(Oc8ccc(C(C)(C)C)cc8)cc(c2c37)C1=O)c64)C(=O)N(C(C(=O)OC(C(F)(F)F)C(F)(F)F)C(C)C)C5=O. The summed E-state index contributed by atoms with van der Waals surface area (Å²) in [7, 11) is 0. The van der Waals surface area contributed by atoms with Gasteiger partial charge in [0.15, 0.2) is 0 Å². The summed E-state index contributed by atoms with van der Waals surface area (Å²) in [6.45, 7) is 27.7. The highest BCUT2D eigenvalue weighted by atomic mass is 19.4. The van der Waals surface area contributed by atoms with Crippen LogP contribution in [0.1, 0.15) is 174 Å². The molecule has 9 aromatic carbocycles. The molecule has 9 aromatic rings. The van der Waals surface area contributed by atoms with E-state index in [4.69, 9.17) is 18.9 Å². The molecule has 0 bridgehead atoms. The fourth-order valence-corrected chi connectivity index (χ4v) is 13.3. The molecule has 2 unspecified atom stereocenters. The second-order valence-corrected chi connectivity index (χ2v) is 31.3. The zero-order valence-corrected chi connectivity index (χ0v) is 60.3. The third kappa shape index (κ3) is 14.3. The predicted octanol–water partition coefficient (Wildman–Crippen LogP) is 21.4. The molecule has 2 atom stereocenters. The fraction of sp³-hybridized carbons (Fsp3) is 0.375. The largest absolute Gasteiger partial charge is 0.457 e. The summed E-state index contributed by atoms with van der Waals surface area (Å²) < 4.78 is 208. The van der Waals surface area contributed by atoms with Gasteiger partial charge in [0.25, 0.3) is 35.8 Å². The number of hydrogen-bond donors (Lipinski definition) is 0. The molecule has 0 saturated carbocycles. The number of nitrogens with zero attached hydrogens (tertiary/aromatic N) is 2. The highest BCUT2D eigenvalue weighted by molar-refractivity contribution is 6.45. The average Bonchev–Trinajstić information content (AvgIpc) is 0.670. The molecule has 106 heavy (non-hydrogen) atoms. The van der Waals surface area contributed by atoms with Crippen LogP contribution in [0.5, 0.6) is 46.0 Å². The first kappa shape index (κ1) is 77.0. The molecule has 11 rings (SSSR count). The lowest BCUT2D eigenvalue weighted by atomic mass is 9.80. The van der Waals surface area contributed by atoms with Gasteiger partial charge in [-0.2, -0.15) is 52.7 Å². The Bertz CT molecular complexity index is 4420. The number of fused-ring (bicyclic) bond motifs is 2. The normalized spacial score (nSPS) is 15.0. The smallest absolute Gasteiger partial charge is 0.434 e. The molecule has 14 nitrogen and oxygen atoms in total. The van der Waals surface area contributed by atoms with Gasteiger partial charge in [-0.15, -0.1) is 0 Å². The number of imide groups is 2. The van der Waals surface area contributed by atoms with E-state index >= 15 is 19.2 Å². The minimum Gasteiger partial charge on any atom is -0.457 e. The van der Waals surface area contributed by atoms with E-state index in [1.807, 2.05) is 83.1 Å². The Labute approximate surface area is 601 Å². The van der Waals surface area contributed by atoms with Crippen LogP contribution in [0.4, 0.5) is 52.7 Å². The number of carbonyl (C=O) groups is 6. The zero-order valence-electron chi connectivity index (χ0n) is 60.3. The van der Waals surface area contributed by atoms with Crippen LogP contribution in [0, 0.1) is 11.8 Å². The highest BCUT2D eigenvalue weighted by Crippen LogP contribution is 2.59.